The first-order valence-corrected chi connectivity index (χ1v) is 9.22. The second-order valence-electron chi connectivity index (χ2n) is 7.79. The van der Waals surface area contributed by atoms with E-state index in [0.717, 1.165) is 38.2 Å². The number of likely N-dealkylation sites (tertiary alicyclic amines) is 1. The summed E-state index contributed by atoms with van der Waals surface area (Å²) in [6.45, 7) is 12.6. The van der Waals surface area contributed by atoms with E-state index in [-0.39, 0.29) is 17.6 Å². The molecule has 1 amide bonds. The first-order valence-electron chi connectivity index (χ1n) is 8.28. The highest BCUT2D eigenvalue weighted by atomic mass is 32.1. The Kier molecular flexibility index (Phi) is 5.68. The number of nitrogens with zero attached hydrogens (tertiary/aromatic N) is 2. The van der Waals surface area contributed by atoms with Crippen LogP contribution in [0.4, 0.5) is 4.79 Å². The lowest BCUT2D eigenvalue weighted by Crippen LogP contribution is -2.47. The van der Waals surface area contributed by atoms with Gasteiger partial charge in [-0.1, -0.05) is 6.92 Å². The summed E-state index contributed by atoms with van der Waals surface area (Å²) in [5.74, 6) is 0. The van der Waals surface area contributed by atoms with Gasteiger partial charge in [-0.05, 0) is 46.0 Å². The quantitative estimate of drug-likeness (QED) is 0.906. The van der Waals surface area contributed by atoms with Crippen LogP contribution in [0, 0.1) is 5.41 Å². The standard InChI is InChI=1S/C17H29N3O2S/c1-13(14-10-23-12-19-14)18-11-17(5)6-8-20(9-7-17)15(21)22-16(2,3)4/h10,12-13,18H,6-9,11H2,1-5H3. The maximum Gasteiger partial charge on any atom is 0.410 e. The van der Waals surface area contributed by atoms with E-state index in [9.17, 15) is 4.79 Å². The van der Waals surface area contributed by atoms with E-state index >= 15 is 0 Å². The van der Waals surface area contributed by atoms with Crippen molar-refractivity contribution in [2.45, 2.75) is 59.1 Å². The molecule has 1 aromatic heterocycles. The maximum atomic E-state index is 12.1. The van der Waals surface area contributed by atoms with Gasteiger partial charge in [0.05, 0.1) is 11.2 Å². The third-order valence-electron chi connectivity index (χ3n) is 4.35. The van der Waals surface area contributed by atoms with Gasteiger partial charge in [-0.3, -0.25) is 0 Å². The zero-order valence-electron chi connectivity index (χ0n) is 14.9. The highest BCUT2D eigenvalue weighted by molar-refractivity contribution is 7.07. The van der Waals surface area contributed by atoms with Crippen LogP contribution in [0.5, 0.6) is 0 Å². The van der Waals surface area contributed by atoms with Crippen molar-refractivity contribution >= 4 is 17.4 Å². The van der Waals surface area contributed by atoms with Crippen LogP contribution in [0.3, 0.4) is 0 Å². The van der Waals surface area contributed by atoms with Crippen LogP contribution >= 0.6 is 11.3 Å². The summed E-state index contributed by atoms with van der Waals surface area (Å²) in [6.07, 6.45) is 1.79. The Bertz CT molecular complexity index is 502. The lowest BCUT2D eigenvalue weighted by atomic mass is 9.80. The molecule has 23 heavy (non-hydrogen) atoms. The largest absolute Gasteiger partial charge is 0.444 e. The van der Waals surface area contributed by atoms with Crippen molar-refractivity contribution in [3.8, 4) is 0 Å². The van der Waals surface area contributed by atoms with Crippen LogP contribution < -0.4 is 5.32 Å². The highest BCUT2D eigenvalue weighted by Gasteiger charge is 2.33. The first-order chi connectivity index (χ1) is 10.7. The molecule has 0 radical (unpaired) electrons. The Morgan fingerprint density at radius 3 is 2.65 bits per heavy atom. The monoisotopic (exact) mass is 339 g/mol. The van der Waals surface area contributed by atoms with Crippen molar-refractivity contribution in [3.05, 3.63) is 16.6 Å². The van der Waals surface area contributed by atoms with E-state index in [4.69, 9.17) is 4.74 Å². The molecule has 1 fully saturated rings. The second kappa shape index (κ2) is 7.18. The number of piperidine rings is 1. The molecule has 0 aliphatic carbocycles. The summed E-state index contributed by atoms with van der Waals surface area (Å²) < 4.78 is 5.46. The molecule has 5 nitrogen and oxygen atoms in total. The molecular weight excluding hydrogens is 310 g/mol. The normalized spacial score (nSPS) is 19.4. The molecule has 0 aromatic carbocycles. The van der Waals surface area contributed by atoms with E-state index in [1.54, 1.807) is 11.3 Å². The van der Waals surface area contributed by atoms with Crippen molar-refractivity contribution in [2.75, 3.05) is 19.6 Å². The lowest BCUT2D eigenvalue weighted by Gasteiger charge is -2.40. The molecule has 0 bridgehead atoms. The summed E-state index contributed by atoms with van der Waals surface area (Å²) in [4.78, 5) is 18.3. The van der Waals surface area contributed by atoms with Gasteiger partial charge in [-0.2, -0.15) is 0 Å². The van der Waals surface area contributed by atoms with Gasteiger partial charge >= 0.3 is 6.09 Å². The third kappa shape index (κ3) is 5.46. The molecule has 1 aliphatic rings. The van der Waals surface area contributed by atoms with Crippen LogP contribution in [-0.2, 0) is 4.74 Å². The zero-order valence-corrected chi connectivity index (χ0v) is 15.7. The molecule has 130 valence electrons. The molecule has 1 unspecified atom stereocenters. The van der Waals surface area contributed by atoms with Crippen LogP contribution in [0.2, 0.25) is 0 Å². The minimum atomic E-state index is -0.428. The Morgan fingerprint density at radius 1 is 1.48 bits per heavy atom. The third-order valence-corrected chi connectivity index (χ3v) is 4.96. The fraction of sp³-hybridized carbons (Fsp3) is 0.765. The van der Waals surface area contributed by atoms with Crippen LogP contribution in [0.25, 0.3) is 0 Å². The van der Waals surface area contributed by atoms with Crippen molar-refractivity contribution in [1.82, 2.24) is 15.2 Å². The van der Waals surface area contributed by atoms with Gasteiger partial charge in [-0.15, -0.1) is 11.3 Å². The smallest absolute Gasteiger partial charge is 0.410 e. The molecule has 0 spiro atoms. The summed E-state index contributed by atoms with van der Waals surface area (Å²) in [7, 11) is 0. The van der Waals surface area contributed by atoms with Crippen molar-refractivity contribution in [3.63, 3.8) is 0 Å². The summed E-state index contributed by atoms with van der Waals surface area (Å²) in [6, 6.07) is 0.266. The molecule has 2 heterocycles. The Labute approximate surface area is 143 Å². The average Bonchev–Trinajstić information content (AvgIpc) is 2.98. The number of amides is 1. The van der Waals surface area contributed by atoms with Crippen LogP contribution in [0.1, 0.15) is 59.2 Å². The van der Waals surface area contributed by atoms with E-state index in [0.29, 0.717) is 0 Å². The van der Waals surface area contributed by atoms with E-state index in [1.807, 2.05) is 31.2 Å². The predicted octanol–water partition coefficient (Wildman–Crippen LogP) is 3.83. The van der Waals surface area contributed by atoms with Crippen molar-refractivity contribution < 1.29 is 9.53 Å². The highest BCUT2D eigenvalue weighted by Crippen LogP contribution is 2.31. The van der Waals surface area contributed by atoms with Crippen molar-refractivity contribution in [1.29, 1.82) is 0 Å². The van der Waals surface area contributed by atoms with E-state index in [2.05, 4.69) is 29.5 Å². The van der Waals surface area contributed by atoms with Gasteiger partial charge in [-0.25, -0.2) is 9.78 Å². The number of rotatable bonds is 4. The number of carbonyl (C=O) groups is 1. The number of carbonyl (C=O) groups excluding carboxylic acids is 1. The van der Waals surface area contributed by atoms with Gasteiger partial charge in [0, 0.05) is 31.1 Å². The van der Waals surface area contributed by atoms with Crippen LogP contribution in [0.15, 0.2) is 10.9 Å². The topological polar surface area (TPSA) is 54.5 Å². The number of hydrogen-bond acceptors (Lipinski definition) is 5. The minimum absolute atomic E-state index is 0.191. The van der Waals surface area contributed by atoms with Gasteiger partial charge in [0.25, 0.3) is 0 Å². The molecule has 1 saturated heterocycles. The van der Waals surface area contributed by atoms with Gasteiger partial charge in [0.1, 0.15) is 5.60 Å². The zero-order chi connectivity index (χ0) is 17.1. The molecular formula is C17H29N3O2S. The number of nitrogens with one attached hydrogen (secondary N) is 1. The molecule has 1 aromatic rings. The first kappa shape index (κ1) is 18.2. The Balaban J connectivity index is 1.79. The van der Waals surface area contributed by atoms with E-state index < -0.39 is 5.60 Å². The maximum absolute atomic E-state index is 12.1. The van der Waals surface area contributed by atoms with Gasteiger partial charge < -0.3 is 15.0 Å². The van der Waals surface area contributed by atoms with Crippen LogP contribution in [-0.4, -0.2) is 41.2 Å². The SMILES string of the molecule is CC(NCC1(C)CCN(C(=O)OC(C)(C)C)CC1)c1cscn1. The molecule has 1 N–H and O–H groups in total. The van der Waals surface area contributed by atoms with Gasteiger partial charge in [0.2, 0.25) is 0 Å². The average molecular weight is 340 g/mol. The fourth-order valence-electron chi connectivity index (χ4n) is 2.67. The second-order valence-corrected chi connectivity index (χ2v) is 8.51. The summed E-state index contributed by atoms with van der Waals surface area (Å²) >= 11 is 1.63. The predicted molar refractivity (Wildman–Crippen MR) is 93.7 cm³/mol. The molecule has 0 saturated carbocycles. The molecule has 6 heteroatoms. The molecule has 1 atom stereocenters. The van der Waals surface area contributed by atoms with Gasteiger partial charge in [0.15, 0.2) is 0 Å². The Hall–Kier alpha value is -1.14. The molecule has 1 aliphatic heterocycles. The number of thiazole rings is 1. The number of hydrogen-bond donors (Lipinski definition) is 1. The molecule has 2 rings (SSSR count). The minimum Gasteiger partial charge on any atom is -0.444 e. The van der Waals surface area contributed by atoms with E-state index in [1.165, 1.54) is 0 Å². The summed E-state index contributed by atoms with van der Waals surface area (Å²) in [5, 5.41) is 5.68. The number of ether oxygens (including phenoxy) is 1. The summed E-state index contributed by atoms with van der Waals surface area (Å²) in [5.41, 5.74) is 2.75. The number of aromatic nitrogens is 1. The Morgan fingerprint density at radius 2 is 2.13 bits per heavy atom. The van der Waals surface area contributed by atoms with Crippen molar-refractivity contribution in [2.24, 2.45) is 5.41 Å². The lowest BCUT2D eigenvalue weighted by molar-refractivity contribution is 0.0117. The fourth-order valence-corrected chi connectivity index (χ4v) is 3.32.